The van der Waals surface area contributed by atoms with E-state index >= 15 is 0 Å². The normalized spacial score (nSPS) is 12.7. The minimum Gasteiger partial charge on any atom is -0.271 e. The number of nitrogens with zero attached hydrogens (tertiary/aromatic N) is 3. The summed E-state index contributed by atoms with van der Waals surface area (Å²) in [5.41, 5.74) is 4.95. The van der Waals surface area contributed by atoms with Crippen molar-refractivity contribution in [1.29, 1.82) is 0 Å². The molecule has 20 heavy (non-hydrogen) atoms. The predicted molar refractivity (Wildman–Crippen MR) is 81.0 cm³/mol. The zero-order valence-corrected chi connectivity index (χ0v) is 13.3. The van der Waals surface area contributed by atoms with Gasteiger partial charge in [0.25, 0.3) is 0 Å². The van der Waals surface area contributed by atoms with Crippen LogP contribution in [-0.4, -0.2) is 14.8 Å². The quantitative estimate of drug-likeness (QED) is 0.666. The van der Waals surface area contributed by atoms with E-state index in [1.165, 1.54) is 6.20 Å². The zero-order chi connectivity index (χ0) is 14.9. The first kappa shape index (κ1) is 15.5. The lowest BCUT2D eigenvalue weighted by atomic mass is 10.1. The van der Waals surface area contributed by atoms with Gasteiger partial charge in [0.1, 0.15) is 0 Å². The second-order valence-electron chi connectivity index (χ2n) is 4.41. The Balaban J connectivity index is 2.33. The van der Waals surface area contributed by atoms with Crippen molar-refractivity contribution in [3.63, 3.8) is 0 Å². The van der Waals surface area contributed by atoms with Crippen LogP contribution in [0.4, 0.5) is 0 Å². The third-order valence-corrected chi connectivity index (χ3v) is 4.03. The Bertz CT molecular complexity index is 626. The maximum absolute atomic E-state index is 6.24. The van der Waals surface area contributed by atoms with Gasteiger partial charge in [-0.1, -0.05) is 34.8 Å². The van der Waals surface area contributed by atoms with Crippen molar-refractivity contribution in [2.24, 2.45) is 12.9 Å². The van der Waals surface area contributed by atoms with Crippen LogP contribution in [0, 0.1) is 6.92 Å². The summed E-state index contributed by atoms with van der Waals surface area (Å²) in [4.78, 5) is 4.23. The average Bonchev–Trinajstić information content (AvgIpc) is 2.62. The molecule has 2 aromatic heterocycles. The van der Waals surface area contributed by atoms with Crippen molar-refractivity contribution in [1.82, 2.24) is 20.2 Å². The first-order valence-electron chi connectivity index (χ1n) is 5.89. The summed E-state index contributed by atoms with van der Waals surface area (Å²) in [5, 5.41) is 5.82. The Morgan fingerprint density at radius 2 is 2.10 bits per heavy atom. The minimum atomic E-state index is -0.285. The Hall–Kier alpha value is -0.850. The first-order chi connectivity index (χ1) is 9.43. The number of nitrogens with one attached hydrogen (secondary N) is 1. The molecule has 0 aliphatic heterocycles. The highest BCUT2D eigenvalue weighted by Gasteiger charge is 2.20. The number of hydrogen-bond donors (Lipinski definition) is 2. The van der Waals surface area contributed by atoms with Gasteiger partial charge < -0.3 is 0 Å². The van der Waals surface area contributed by atoms with Gasteiger partial charge in [0.15, 0.2) is 0 Å². The van der Waals surface area contributed by atoms with Crippen molar-refractivity contribution in [3.8, 4) is 0 Å². The predicted octanol–water partition coefficient (Wildman–Crippen LogP) is 2.83. The molecule has 0 saturated carbocycles. The van der Waals surface area contributed by atoms with Crippen LogP contribution in [0.3, 0.4) is 0 Å². The smallest absolute Gasteiger partial charge is 0.0847 e. The van der Waals surface area contributed by atoms with E-state index < -0.39 is 0 Å². The molecule has 3 N–H and O–H groups in total. The zero-order valence-electron chi connectivity index (χ0n) is 11.0. The highest BCUT2D eigenvalue weighted by atomic mass is 35.5. The van der Waals surface area contributed by atoms with Crippen molar-refractivity contribution in [2.45, 2.75) is 19.4 Å². The van der Waals surface area contributed by atoms with E-state index in [-0.39, 0.29) is 6.04 Å². The SMILES string of the molecule is Cc1nn(C)c(CC(NN)c2ncc(Cl)cc2Cl)c1Cl. The van der Waals surface area contributed by atoms with E-state index in [9.17, 15) is 0 Å². The molecule has 5 nitrogen and oxygen atoms in total. The Morgan fingerprint density at radius 1 is 1.40 bits per heavy atom. The molecule has 0 fully saturated rings. The van der Waals surface area contributed by atoms with Crippen LogP contribution in [0.25, 0.3) is 0 Å². The van der Waals surface area contributed by atoms with Crippen LogP contribution in [-0.2, 0) is 13.5 Å². The van der Waals surface area contributed by atoms with Gasteiger partial charge in [0, 0.05) is 19.7 Å². The van der Waals surface area contributed by atoms with Crippen molar-refractivity contribution in [2.75, 3.05) is 0 Å². The van der Waals surface area contributed by atoms with Crippen LogP contribution in [0.15, 0.2) is 12.3 Å². The number of hydrazine groups is 1. The molecule has 2 heterocycles. The van der Waals surface area contributed by atoms with Gasteiger partial charge in [-0.3, -0.25) is 20.9 Å². The van der Waals surface area contributed by atoms with E-state index in [1.54, 1.807) is 10.7 Å². The van der Waals surface area contributed by atoms with E-state index in [1.807, 2.05) is 14.0 Å². The molecule has 2 aromatic rings. The van der Waals surface area contributed by atoms with Gasteiger partial charge in [-0.25, -0.2) is 0 Å². The molecule has 0 radical (unpaired) electrons. The maximum atomic E-state index is 6.24. The van der Waals surface area contributed by atoms with Crippen molar-refractivity contribution in [3.05, 3.63) is 44.4 Å². The molecule has 0 aromatic carbocycles. The van der Waals surface area contributed by atoms with Crippen LogP contribution in [0.5, 0.6) is 0 Å². The van der Waals surface area contributed by atoms with Gasteiger partial charge in [-0.2, -0.15) is 5.10 Å². The minimum absolute atomic E-state index is 0.285. The lowest BCUT2D eigenvalue weighted by Crippen LogP contribution is -2.31. The summed E-state index contributed by atoms with van der Waals surface area (Å²) in [6.45, 7) is 1.85. The number of pyridine rings is 1. The van der Waals surface area contributed by atoms with Gasteiger partial charge in [-0.15, -0.1) is 0 Å². The molecule has 0 aliphatic rings. The van der Waals surface area contributed by atoms with E-state index in [0.29, 0.717) is 27.2 Å². The molecule has 0 spiro atoms. The highest BCUT2D eigenvalue weighted by molar-refractivity contribution is 6.34. The number of aryl methyl sites for hydroxylation is 2. The summed E-state index contributed by atoms with van der Waals surface area (Å²) in [6, 6.07) is 1.35. The summed E-state index contributed by atoms with van der Waals surface area (Å²) in [5.74, 6) is 5.61. The number of aromatic nitrogens is 3. The first-order valence-corrected chi connectivity index (χ1v) is 7.02. The van der Waals surface area contributed by atoms with E-state index in [4.69, 9.17) is 40.6 Å². The fourth-order valence-electron chi connectivity index (χ4n) is 2.01. The molecule has 2 rings (SSSR count). The second-order valence-corrected chi connectivity index (χ2v) is 5.64. The number of nitrogens with two attached hydrogens (primary N) is 1. The Morgan fingerprint density at radius 3 is 2.60 bits per heavy atom. The standard InChI is InChI=1S/C12H14Cl3N5/c1-6-11(15)10(20(2)19-6)4-9(18-16)12-8(14)3-7(13)5-17-12/h3,5,9,18H,4,16H2,1-2H3. The van der Waals surface area contributed by atoms with Gasteiger partial charge in [-0.05, 0) is 13.0 Å². The largest absolute Gasteiger partial charge is 0.271 e. The fraction of sp³-hybridized carbons (Fsp3) is 0.333. The van der Waals surface area contributed by atoms with Crippen LogP contribution in [0.2, 0.25) is 15.1 Å². The van der Waals surface area contributed by atoms with Crippen molar-refractivity contribution >= 4 is 34.8 Å². The molecular formula is C12H14Cl3N5. The summed E-state index contributed by atoms with van der Waals surface area (Å²) in [7, 11) is 1.83. The summed E-state index contributed by atoms with van der Waals surface area (Å²) >= 11 is 18.2. The molecular weight excluding hydrogens is 321 g/mol. The molecule has 0 bridgehead atoms. The van der Waals surface area contributed by atoms with Gasteiger partial charge in [0.2, 0.25) is 0 Å². The fourth-order valence-corrected chi connectivity index (χ4v) is 2.76. The summed E-state index contributed by atoms with van der Waals surface area (Å²) < 4.78 is 1.73. The van der Waals surface area contributed by atoms with E-state index in [0.717, 1.165) is 11.4 Å². The lowest BCUT2D eigenvalue weighted by Gasteiger charge is -2.17. The van der Waals surface area contributed by atoms with Crippen LogP contribution in [0.1, 0.15) is 23.1 Å². The number of hydrogen-bond acceptors (Lipinski definition) is 4. The van der Waals surface area contributed by atoms with Crippen molar-refractivity contribution < 1.29 is 0 Å². The molecule has 108 valence electrons. The van der Waals surface area contributed by atoms with E-state index in [2.05, 4.69) is 15.5 Å². The second kappa shape index (κ2) is 6.28. The van der Waals surface area contributed by atoms with Crippen LogP contribution >= 0.6 is 34.8 Å². The highest BCUT2D eigenvalue weighted by Crippen LogP contribution is 2.28. The van der Waals surface area contributed by atoms with Gasteiger partial charge >= 0.3 is 0 Å². The number of rotatable bonds is 4. The molecule has 8 heteroatoms. The molecule has 1 atom stereocenters. The number of halogens is 3. The Labute approximate surface area is 132 Å². The lowest BCUT2D eigenvalue weighted by molar-refractivity contribution is 0.519. The Kier molecular flexibility index (Phi) is 4.88. The monoisotopic (exact) mass is 333 g/mol. The molecule has 0 saturated heterocycles. The summed E-state index contributed by atoms with van der Waals surface area (Å²) in [6.07, 6.45) is 2.05. The molecule has 0 amide bonds. The molecule has 0 aliphatic carbocycles. The topological polar surface area (TPSA) is 68.8 Å². The third kappa shape index (κ3) is 3.07. The third-order valence-electron chi connectivity index (χ3n) is 3.03. The molecule has 1 unspecified atom stereocenters. The van der Waals surface area contributed by atoms with Crippen LogP contribution < -0.4 is 11.3 Å². The average molecular weight is 335 g/mol. The maximum Gasteiger partial charge on any atom is 0.0847 e. The van der Waals surface area contributed by atoms with Gasteiger partial charge in [0.05, 0.1) is 38.2 Å².